The highest BCUT2D eigenvalue weighted by molar-refractivity contribution is 7.80. The maximum atomic E-state index is 5.38. The number of nitrogens with one attached hydrogen (secondary N) is 2. The van der Waals surface area contributed by atoms with Gasteiger partial charge in [-0.15, -0.1) is 0 Å². The van der Waals surface area contributed by atoms with Gasteiger partial charge in [-0.2, -0.15) is 0 Å². The van der Waals surface area contributed by atoms with E-state index in [0.29, 0.717) is 12.6 Å². The normalized spacial score (nSPS) is 29.3. The van der Waals surface area contributed by atoms with Crippen molar-refractivity contribution in [2.75, 3.05) is 53.0 Å². The molecular weight excluding hydrogens is 368 g/mol. The van der Waals surface area contributed by atoms with E-state index < -0.39 is 0 Å². The van der Waals surface area contributed by atoms with Gasteiger partial charge in [0.25, 0.3) is 0 Å². The predicted octanol–water partition coefficient (Wildman–Crippen LogP) is 1.87. The molecular formula is C22H34N4OS. The van der Waals surface area contributed by atoms with Crippen LogP contribution in [0.1, 0.15) is 24.0 Å². The lowest BCUT2D eigenvalue weighted by Crippen LogP contribution is -2.59. The number of rotatable bonds is 7. The van der Waals surface area contributed by atoms with Crippen LogP contribution in [0.4, 0.5) is 0 Å². The number of ether oxygens (including phenoxy) is 1. The summed E-state index contributed by atoms with van der Waals surface area (Å²) in [4.78, 5) is 5.39. The number of fused-ring (bicyclic) bond motifs is 4. The molecule has 2 N–H and O–H groups in total. The summed E-state index contributed by atoms with van der Waals surface area (Å²) < 4.78 is 5.06. The molecule has 0 saturated carbocycles. The minimum absolute atomic E-state index is 0.624. The minimum Gasteiger partial charge on any atom is -0.383 e. The highest BCUT2D eigenvalue weighted by atomic mass is 32.1. The summed E-state index contributed by atoms with van der Waals surface area (Å²) >= 11 is 5.38. The van der Waals surface area contributed by atoms with E-state index >= 15 is 0 Å². The van der Waals surface area contributed by atoms with Crippen LogP contribution in [0.25, 0.3) is 0 Å². The summed E-state index contributed by atoms with van der Waals surface area (Å²) in [6.45, 7) is 8.51. The van der Waals surface area contributed by atoms with Gasteiger partial charge in [-0.3, -0.25) is 9.80 Å². The van der Waals surface area contributed by atoms with Crippen molar-refractivity contribution in [2.24, 2.45) is 11.8 Å². The van der Waals surface area contributed by atoms with Crippen molar-refractivity contribution < 1.29 is 4.74 Å². The first-order valence-electron chi connectivity index (χ1n) is 10.8. The second kappa shape index (κ2) is 9.53. The first kappa shape index (κ1) is 20.1. The molecule has 0 radical (unpaired) electrons. The van der Waals surface area contributed by atoms with E-state index in [2.05, 4.69) is 44.7 Å². The van der Waals surface area contributed by atoms with Gasteiger partial charge in [-0.1, -0.05) is 24.3 Å². The standard InChI is InChI=1S/C22H34N4OS/c1-27-11-8-23-22(28)24-13-21-12-18-7-10-26(21)16-20(18)15-25-9-6-17-4-2-3-5-19(17)14-25/h2-5,18,20-21H,6-16H2,1H3,(H2,23,24,28)/t18-,20+,21+/m1/s1. The van der Waals surface area contributed by atoms with Gasteiger partial charge in [0.05, 0.1) is 6.61 Å². The summed E-state index contributed by atoms with van der Waals surface area (Å²) in [7, 11) is 1.71. The maximum Gasteiger partial charge on any atom is 0.166 e. The van der Waals surface area contributed by atoms with Crippen LogP contribution in [0.3, 0.4) is 0 Å². The largest absolute Gasteiger partial charge is 0.383 e. The molecule has 2 bridgehead atoms. The van der Waals surface area contributed by atoms with Gasteiger partial charge in [0.2, 0.25) is 0 Å². The Morgan fingerprint density at radius 2 is 2.07 bits per heavy atom. The van der Waals surface area contributed by atoms with Gasteiger partial charge in [-0.25, -0.2) is 0 Å². The number of piperidine rings is 3. The zero-order valence-electron chi connectivity index (χ0n) is 17.0. The van der Waals surface area contributed by atoms with Crippen molar-refractivity contribution in [3.05, 3.63) is 35.4 Å². The first-order valence-corrected chi connectivity index (χ1v) is 11.2. The van der Waals surface area contributed by atoms with E-state index in [-0.39, 0.29) is 0 Å². The molecule has 4 atom stereocenters. The quantitative estimate of drug-likeness (QED) is 0.536. The summed E-state index contributed by atoms with van der Waals surface area (Å²) in [5.41, 5.74) is 3.08. The molecule has 4 heterocycles. The molecule has 3 fully saturated rings. The van der Waals surface area contributed by atoms with Gasteiger partial charge >= 0.3 is 0 Å². The Hall–Kier alpha value is -1.21. The zero-order chi connectivity index (χ0) is 19.3. The van der Waals surface area contributed by atoms with Crippen molar-refractivity contribution in [2.45, 2.75) is 31.8 Å². The third-order valence-electron chi connectivity index (χ3n) is 6.81. The Bertz CT molecular complexity index is 670. The molecule has 1 unspecified atom stereocenters. The van der Waals surface area contributed by atoms with Crippen molar-refractivity contribution in [1.29, 1.82) is 0 Å². The minimum atomic E-state index is 0.624. The van der Waals surface area contributed by atoms with Crippen LogP contribution in [0, 0.1) is 11.8 Å². The van der Waals surface area contributed by atoms with Gasteiger partial charge in [-0.05, 0) is 61.0 Å². The molecule has 154 valence electrons. The fraction of sp³-hybridized carbons (Fsp3) is 0.682. The average molecular weight is 403 g/mol. The fourth-order valence-electron chi connectivity index (χ4n) is 5.25. The van der Waals surface area contributed by atoms with Crippen molar-refractivity contribution in [3.63, 3.8) is 0 Å². The summed E-state index contributed by atoms with van der Waals surface area (Å²) in [5.74, 6) is 1.69. The molecule has 28 heavy (non-hydrogen) atoms. The molecule has 0 spiro atoms. The molecule has 0 aromatic heterocycles. The lowest BCUT2D eigenvalue weighted by Gasteiger charge is -2.51. The van der Waals surface area contributed by atoms with Crippen molar-refractivity contribution in [3.8, 4) is 0 Å². The van der Waals surface area contributed by atoms with Crippen LogP contribution >= 0.6 is 12.2 Å². The Kier molecular flexibility index (Phi) is 6.83. The number of thiocarbonyl (C=S) groups is 1. The van der Waals surface area contributed by atoms with Gasteiger partial charge < -0.3 is 15.4 Å². The van der Waals surface area contributed by atoms with E-state index in [0.717, 1.165) is 36.6 Å². The summed E-state index contributed by atoms with van der Waals surface area (Å²) in [6.07, 6.45) is 3.88. The van der Waals surface area contributed by atoms with E-state index in [1.807, 2.05) is 0 Å². The Morgan fingerprint density at radius 3 is 2.86 bits per heavy atom. The topological polar surface area (TPSA) is 39.8 Å². The van der Waals surface area contributed by atoms with Gasteiger partial charge in [0, 0.05) is 52.4 Å². The van der Waals surface area contributed by atoms with Crippen molar-refractivity contribution in [1.82, 2.24) is 20.4 Å². The number of hydrogen-bond donors (Lipinski definition) is 2. The van der Waals surface area contributed by atoms with Crippen LogP contribution in [-0.4, -0.2) is 73.9 Å². The van der Waals surface area contributed by atoms with Crippen LogP contribution < -0.4 is 10.6 Å². The van der Waals surface area contributed by atoms with Gasteiger partial charge in [0.1, 0.15) is 0 Å². The third-order valence-corrected chi connectivity index (χ3v) is 7.10. The molecule has 3 saturated heterocycles. The first-order chi connectivity index (χ1) is 13.7. The number of hydrogen-bond acceptors (Lipinski definition) is 4. The smallest absolute Gasteiger partial charge is 0.166 e. The third kappa shape index (κ3) is 4.85. The molecule has 1 aromatic carbocycles. The second-order valence-corrected chi connectivity index (χ2v) is 8.98. The van der Waals surface area contributed by atoms with Crippen molar-refractivity contribution >= 4 is 17.3 Å². The Balaban J connectivity index is 1.24. The maximum absolute atomic E-state index is 5.38. The molecule has 0 aliphatic carbocycles. The summed E-state index contributed by atoms with van der Waals surface area (Å²) in [6, 6.07) is 9.59. The predicted molar refractivity (Wildman–Crippen MR) is 117 cm³/mol. The molecule has 4 aliphatic rings. The molecule has 5 nitrogen and oxygen atoms in total. The molecule has 4 aliphatic heterocycles. The Labute approximate surface area is 174 Å². The molecule has 0 amide bonds. The second-order valence-electron chi connectivity index (χ2n) is 8.58. The van der Waals surface area contributed by atoms with Crippen LogP contribution in [0.2, 0.25) is 0 Å². The fourth-order valence-corrected chi connectivity index (χ4v) is 5.44. The number of nitrogens with zero attached hydrogens (tertiary/aromatic N) is 2. The highest BCUT2D eigenvalue weighted by Gasteiger charge is 2.40. The molecule has 5 rings (SSSR count). The Morgan fingerprint density at radius 1 is 1.21 bits per heavy atom. The van der Waals surface area contributed by atoms with E-state index in [1.54, 1.807) is 12.7 Å². The lowest BCUT2D eigenvalue weighted by molar-refractivity contribution is -0.0121. The van der Waals surface area contributed by atoms with Crippen LogP contribution in [0.15, 0.2) is 24.3 Å². The lowest BCUT2D eigenvalue weighted by atomic mass is 9.75. The van der Waals surface area contributed by atoms with Crippen LogP contribution in [-0.2, 0) is 17.7 Å². The molecule has 6 heteroatoms. The molecule has 1 aromatic rings. The zero-order valence-corrected chi connectivity index (χ0v) is 17.8. The number of benzene rings is 1. The monoisotopic (exact) mass is 402 g/mol. The van der Waals surface area contributed by atoms with E-state index in [1.165, 1.54) is 51.0 Å². The average Bonchev–Trinajstić information content (AvgIpc) is 2.73. The van der Waals surface area contributed by atoms with Crippen LogP contribution in [0.5, 0.6) is 0 Å². The van der Waals surface area contributed by atoms with E-state index in [4.69, 9.17) is 17.0 Å². The van der Waals surface area contributed by atoms with E-state index in [9.17, 15) is 0 Å². The SMILES string of the molecule is COCCNC(=S)NC[C@@H]1C[C@H]2CCN1C[C@@H]2CN1CCc2ccccc2C1. The number of methoxy groups -OCH3 is 1. The summed E-state index contributed by atoms with van der Waals surface area (Å²) in [5, 5.41) is 7.38. The van der Waals surface area contributed by atoms with Gasteiger partial charge in [0.15, 0.2) is 5.11 Å². The highest BCUT2D eigenvalue weighted by Crippen LogP contribution is 2.37.